The molecule has 0 amide bonds. The SMILES string of the molecule is COC(CNC1CCCC1)C(=O)O. The van der Waals surface area contributed by atoms with E-state index in [9.17, 15) is 4.79 Å². The lowest BCUT2D eigenvalue weighted by Crippen LogP contribution is -2.38. The van der Waals surface area contributed by atoms with E-state index < -0.39 is 12.1 Å². The summed E-state index contributed by atoms with van der Waals surface area (Å²) in [5.41, 5.74) is 0. The summed E-state index contributed by atoms with van der Waals surface area (Å²) in [6, 6.07) is 0.497. The van der Waals surface area contributed by atoms with Crippen LogP contribution in [-0.4, -0.2) is 36.9 Å². The number of carbonyl (C=O) groups is 1. The highest BCUT2D eigenvalue weighted by molar-refractivity contribution is 5.72. The highest BCUT2D eigenvalue weighted by Gasteiger charge is 2.20. The van der Waals surface area contributed by atoms with Gasteiger partial charge in [-0.25, -0.2) is 4.79 Å². The number of hydrogen-bond donors (Lipinski definition) is 2. The van der Waals surface area contributed by atoms with Crippen LogP contribution in [0.1, 0.15) is 25.7 Å². The molecule has 0 heterocycles. The molecule has 1 rings (SSSR count). The molecule has 1 atom stereocenters. The average molecular weight is 187 g/mol. The second kappa shape index (κ2) is 5.19. The van der Waals surface area contributed by atoms with Crippen molar-refractivity contribution >= 4 is 5.97 Å². The van der Waals surface area contributed by atoms with Crippen LogP contribution in [0.3, 0.4) is 0 Å². The second-order valence-corrected chi connectivity index (χ2v) is 3.45. The normalized spacial score (nSPS) is 20.4. The minimum atomic E-state index is -0.895. The average Bonchev–Trinajstić information content (AvgIpc) is 2.57. The van der Waals surface area contributed by atoms with Gasteiger partial charge in [-0.05, 0) is 12.8 Å². The highest BCUT2D eigenvalue weighted by Crippen LogP contribution is 2.17. The molecule has 0 aromatic carbocycles. The zero-order valence-electron chi connectivity index (χ0n) is 7.95. The van der Waals surface area contributed by atoms with E-state index in [0.717, 1.165) is 12.8 Å². The van der Waals surface area contributed by atoms with Crippen molar-refractivity contribution in [2.24, 2.45) is 0 Å². The summed E-state index contributed by atoms with van der Waals surface area (Å²) < 4.78 is 4.81. The third kappa shape index (κ3) is 3.32. The molecule has 13 heavy (non-hydrogen) atoms. The Balaban J connectivity index is 2.18. The first kappa shape index (κ1) is 10.5. The van der Waals surface area contributed by atoms with Crippen molar-refractivity contribution < 1.29 is 14.6 Å². The smallest absolute Gasteiger partial charge is 0.334 e. The largest absolute Gasteiger partial charge is 0.479 e. The van der Waals surface area contributed by atoms with Gasteiger partial charge in [0.25, 0.3) is 0 Å². The Kier molecular flexibility index (Phi) is 4.18. The maximum Gasteiger partial charge on any atom is 0.334 e. The predicted molar refractivity (Wildman–Crippen MR) is 48.7 cm³/mol. The molecule has 4 nitrogen and oxygen atoms in total. The van der Waals surface area contributed by atoms with E-state index in [2.05, 4.69) is 5.32 Å². The van der Waals surface area contributed by atoms with Crippen LogP contribution in [0.5, 0.6) is 0 Å². The zero-order valence-corrected chi connectivity index (χ0v) is 7.95. The summed E-state index contributed by atoms with van der Waals surface area (Å²) in [5, 5.41) is 11.9. The van der Waals surface area contributed by atoms with Gasteiger partial charge in [-0.1, -0.05) is 12.8 Å². The van der Waals surface area contributed by atoms with Crippen LogP contribution in [0.25, 0.3) is 0 Å². The quantitative estimate of drug-likeness (QED) is 0.662. The van der Waals surface area contributed by atoms with E-state index in [1.54, 1.807) is 0 Å². The molecule has 1 aliphatic rings. The fourth-order valence-electron chi connectivity index (χ4n) is 1.68. The Bertz CT molecular complexity index is 166. The third-order valence-corrected chi connectivity index (χ3v) is 2.51. The van der Waals surface area contributed by atoms with Gasteiger partial charge < -0.3 is 15.2 Å². The van der Waals surface area contributed by atoms with E-state index in [4.69, 9.17) is 9.84 Å². The van der Waals surface area contributed by atoms with Crippen LogP contribution in [0.4, 0.5) is 0 Å². The minimum Gasteiger partial charge on any atom is -0.479 e. The Labute approximate surface area is 78.3 Å². The molecule has 0 aromatic rings. The van der Waals surface area contributed by atoms with E-state index in [1.165, 1.54) is 20.0 Å². The number of carboxylic acids is 1. The first-order valence-electron chi connectivity index (χ1n) is 4.73. The van der Waals surface area contributed by atoms with E-state index in [1.807, 2.05) is 0 Å². The number of rotatable bonds is 5. The number of ether oxygens (including phenoxy) is 1. The Hall–Kier alpha value is -0.610. The first-order chi connectivity index (χ1) is 6.24. The standard InChI is InChI=1S/C9H17NO3/c1-13-8(9(11)12)6-10-7-4-2-3-5-7/h7-8,10H,2-6H2,1H3,(H,11,12). The summed E-state index contributed by atoms with van der Waals surface area (Å²) in [6.07, 6.45) is 4.12. The molecule has 0 bridgehead atoms. The van der Waals surface area contributed by atoms with Crippen molar-refractivity contribution in [2.75, 3.05) is 13.7 Å². The lowest BCUT2D eigenvalue weighted by molar-refractivity contribution is -0.148. The van der Waals surface area contributed by atoms with Gasteiger partial charge in [0.2, 0.25) is 0 Å². The van der Waals surface area contributed by atoms with Crippen molar-refractivity contribution in [1.29, 1.82) is 0 Å². The number of methoxy groups -OCH3 is 1. The fourth-order valence-corrected chi connectivity index (χ4v) is 1.68. The molecule has 0 radical (unpaired) electrons. The molecule has 1 saturated carbocycles. The zero-order chi connectivity index (χ0) is 9.68. The van der Waals surface area contributed by atoms with Gasteiger partial charge in [0, 0.05) is 19.7 Å². The van der Waals surface area contributed by atoms with Gasteiger partial charge in [0.1, 0.15) is 0 Å². The lowest BCUT2D eigenvalue weighted by atomic mass is 10.2. The van der Waals surface area contributed by atoms with Crippen molar-refractivity contribution in [2.45, 2.75) is 37.8 Å². The van der Waals surface area contributed by atoms with Gasteiger partial charge >= 0.3 is 5.97 Å². The van der Waals surface area contributed by atoms with Gasteiger partial charge in [0.15, 0.2) is 6.10 Å². The molecule has 1 aliphatic carbocycles. The van der Waals surface area contributed by atoms with Gasteiger partial charge in [0.05, 0.1) is 0 Å². The highest BCUT2D eigenvalue weighted by atomic mass is 16.5. The molecule has 4 heteroatoms. The van der Waals surface area contributed by atoms with Gasteiger partial charge in [-0.2, -0.15) is 0 Å². The molecule has 1 fully saturated rings. The Morgan fingerprint density at radius 1 is 1.62 bits per heavy atom. The number of aliphatic carboxylic acids is 1. The van der Waals surface area contributed by atoms with Gasteiger partial charge in [-0.15, -0.1) is 0 Å². The number of hydrogen-bond acceptors (Lipinski definition) is 3. The second-order valence-electron chi connectivity index (χ2n) is 3.45. The van der Waals surface area contributed by atoms with E-state index in [0.29, 0.717) is 12.6 Å². The molecule has 0 aromatic heterocycles. The molecule has 0 spiro atoms. The van der Waals surface area contributed by atoms with E-state index >= 15 is 0 Å². The summed E-state index contributed by atoms with van der Waals surface area (Å²) in [6.45, 7) is 0.413. The fraction of sp³-hybridized carbons (Fsp3) is 0.889. The molecular formula is C9H17NO3. The maximum absolute atomic E-state index is 10.6. The number of carboxylic acid groups (broad SMARTS) is 1. The molecule has 76 valence electrons. The molecule has 0 aliphatic heterocycles. The van der Waals surface area contributed by atoms with Crippen molar-refractivity contribution in [3.63, 3.8) is 0 Å². The lowest BCUT2D eigenvalue weighted by Gasteiger charge is -2.15. The summed E-state index contributed by atoms with van der Waals surface area (Å²) in [4.78, 5) is 10.6. The van der Waals surface area contributed by atoms with Crippen LogP contribution in [0.2, 0.25) is 0 Å². The van der Waals surface area contributed by atoms with Crippen LogP contribution in [0, 0.1) is 0 Å². The Morgan fingerprint density at radius 2 is 2.23 bits per heavy atom. The van der Waals surface area contributed by atoms with E-state index in [-0.39, 0.29) is 0 Å². The molecule has 0 saturated heterocycles. The Morgan fingerprint density at radius 3 is 2.69 bits per heavy atom. The summed E-state index contributed by atoms with van der Waals surface area (Å²) in [5.74, 6) is -0.895. The first-order valence-corrected chi connectivity index (χ1v) is 4.73. The summed E-state index contributed by atoms with van der Waals surface area (Å²) >= 11 is 0. The maximum atomic E-state index is 10.6. The minimum absolute atomic E-state index is 0.413. The third-order valence-electron chi connectivity index (χ3n) is 2.51. The topological polar surface area (TPSA) is 58.6 Å². The summed E-state index contributed by atoms with van der Waals surface area (Å²) in [7, 11) is 1.43. The monoisotopic (exact) mass is 187 g/mol. The van der Waals surface area contributed by atoms with Crippen LogP contribution >= 0.6 is 0 Å². The van der Waals surface area contributed by atoms with Crippen LogP contribution < -0.4 is 5.32 Å². The van der Waals surface area contributed by atoms with Crippen molar-refractivity contribution in [1.82, 2.24) is 5.32 Å². The van der Waals surface area contributed by atoms with Gasteiger partial charge in [-0.3, -0.25) is 0 Å². The number of nitrogens with one attached hydrogen (secondary N) is 1. The molecule has 1 unspecified atom stereocenters. The predicted octanol–water partition coefficient (Wildman–Crippen LogP) is 0.618. The van der Waals surface area contributed by atoms with Crippen LogP contribution in [-0.2, 0) is 9.53 Å². The molecular weight excluding hydrogens is 170 g/mol. The van der Waals surface area contributed by atoms with Crippen LogP contribution in [0.15, 0.2) is 0 Å². The molecule has 2 N–H and O–H groups in total. The van der Waals surface area contributed by atoms with Crippen molar-refractivity contribution in [3.8, 4) is 0 Å². The van der Waals surface area contributed by atoms with Crippen molar-refractivity contribution in [3.05, 3.63) is 0 Å².